The Hall–Kier alpha value is 1.67. The van der Waals surface area contributed by atoms with Crippen LogP contribution in [0.5, 0.6) is 0 Å². The molecule has 0 amide bonds. The predicted octanol–water partition coefficient (Wildman–Crippen LogP) is 2.33. The molecule has 0 aromatic rings. The van der Waals surface area contributed by atoms with E-state index in [-0.39, 0.29) is 13.5 Å². The normalized spacial score (nSPS) is 10.0. The third kappa shape index (κ3) is 44.2. The van der Waals surface area contributed by atoms with Crippen molar-refractivity contribution >= 4 is 13.5 Å². The fourth-order valence-corrected chi connectivity index (χ4v) is 0. The second kappa shape index (κ2) is 3.65. The van der Waals surface area contributed by atoms with Gasteiger partial charge in [0.25, 0.3) is 0 Å². The van der Waals surface area contributed by atoms with E-state index in [1.54, 1.807) is 0 Å². The van der Waals surface area contributed by atoms with Crippen molar-refractivity contribution in [3.05, 3.63) is 0 Å². The van der Waals surface area contributed by atoms with E-state index in [1.165, 1.54) is 0 Å². The molecule has 0 unspecified atom stereocenters. The molecule has 0 spiro atoms. The quantitative estimate of drug-likeness (QED) is 0.642. The summed E-state index contributed by atoms with van der Waals surface area (Å²) in [5.74, 6) is 0. The first-order valence-corrected chi connectivity index (χ1v) is 18.4. The molecule has 0 aliphatic rings. The fraction of sp³-hybridized carbons (Fsp3) is 1.00. The van der Waals surface area contributed by atoms with Crippen LogP contribution >= 0.6 is 0 Å². The van der Waals surface area contributed by atoms with E-state index in [4.69, 9.17) is 0 Å². The van der Waals surface area contributed by atoms with E-state index in [9.17, 15) is 0 Å². The first-order valence-electron chi connectivity index (χ1n) is 2.00. The van der Waals surface area contributed by atoms with E-state index in [0.717, 1.165) is 0 Å². The first kappa shape index (κ1) is 10.6. The summed E-state index contributed by atoms with van der Waals surface area (Å²) in [7, 11) is 0. The Bertz CT molecular complexity index is 23.0. The summed E-state index contributed by atoms with van der Waals surface area (Å²) in [4.78, 5) is 0. The van der Waals surface area contributed by atoms with Crippen LogP contribution in [0, 0.1) is 31.8 Å². The Kier molecular flexibility index (Phi) is 6.46. The molecule has 0 nitrogen and oxygen atoms in total. The van der Waals surface area contributed by atoms with Gasteiger partial charge in [0.2, 0.25) is 0 Å². The maximum absolute atomic E-state index is 2.42. The summed E-state index contributed by atoms with van der Waals surface area (Å²) >= 11 is -1.34. The molecule has 0 aromatic heterocycles. The van der Waals surface area contributed by atoms with Crippen molar-refractivity contribution in [2.75, 3.05) is 0 Å². The molecular formula is C4H12STh. The van der Waals surface area contributed by atoms with Crippen LogP contribution in [0.4, 0.5) is 0 Å². The minimum absolute atomic E-state index is 0. The molecule has 0 fully saturated rings. The SMILES string of the molecule is [CH3][Th+2]([CH3])([CH3])[CH3].[S-2]. The molecule has 38 valence electrons. The molecule has 0 aliphatic heterocycles. The molecule has 0 radical (unpaired) electrons. The zero-order valence-corrected chi connectivity index (χ0v) is 9.83. The average Bonchev–Trinajstić information content (AvgIpc) is 0.722. The van der Waals surface area contributed by atoms with Crippen LogP contribution in [0.3, 0.4) is 0 Å². The maximum atomic E-state index is 2.42. The largest absolute Gasteiger partial charge is 2.00 e. The van der Waals surface area contributed by atoms with E-state index >= 15 is 0 Å². The van der Waals surface area contributed by atoms with Crippen molar-refractivity contribution < 1.29 is 31.8 Å². The standard InChI is InChI=1S/4CH3.S.Th/h4*1H3;;/q;;;;-2;+2. The average molecular weight is 324 g/mol. The van der Waals surface area contributed by atoms with Gasteiger partial charge in [0.05, 0.1) is 0 Å². The molecule has 6 heavy (non-hydrogen) atoms. The van der Waals surface area contributed by atoms with Crippen molar-refractivity contribution in [3.63, 3.8) is 0 Å². The van der Waals surface area contributed by atoms with Gasteiger partial charge in [-0.15, -0.1) is 0 Å². The van der Waals surface area contributed by atoms with Gasteiger partial charge in [-0.3, -0.25) is 0 Å². The van der Waals surface area contributed by atoms with Gasteiger partial charge in [-0.25, -0.2) is 0 Å². The van der Waals surface area contributed by atoms with Gasteiger partial charge in [0.1, 0.15) is 0 Å². The molecular weight excluding hydrogens is 312 g/mol. The van der Waals surface area contributed by atoms with Crippen LogP contribution in [0.1, 0.15) is 0 Å². The van der Waals surface area contributed by atoms with Crippen molar-refractivity contribution in [2.24, 2.45) is 0 Å². The predicted molar refractivity (Wildman–Crippen MR) is 30.8 cm³/mol. The monoisotopic (exact) mass is 324 g/mol. The fourth-order valence-electron chi connectivity index (χ4n) is 0. The Balaban J connectivity index is 0. The van der Waals surface area contributed by atoms with E-state index in [1.807, 2.05) is 0 Å². The van der Waals surface area contributed by atoms with Gasteiger partial charge in [-0.2, -0.15) is 0 Å². The van der Waals surface area contributed by atoms with Crippen LogP contribution in [0.25, 0.3) is 0 Å². The molecule has 0 N–H and O–H groups in total. The Morgan fingerprint density at radius 2 is 0.833 bits per heavy atom. The van der Waals surface area contributed by atoms with Gasteiger partial charge in [0.15, 0.2) is 0 Å². The molecule has 0 heterocycles. The number of hydrogen-bond donors (Lipinski definition) is 0. The summed E-state index contributed by atoms with van der Waals surface area (Å²) in [5, 5.41) is 0. The molecule has 0 saturated carbocycles. The van der Waals surface area contributed by atoms with E-state index in [2.05, 4.69) is 10.8 Å². The number of hydrogen-bond acceptors (Lipinski definition) is 0. The topological polar surface area (TPSA) is 0 Å². The summed E-state index contributed by atoms with van der Waals surface area (Å²) < 4.78 is 9.67. The summed E-state index contributed by atoms with van der Waals surface area (Å²) in [6, 6.07) is 0. The zero-order chi connectivity index (χ0) is 4.50. The van der Waals surface area contributed by atoms with Gasteiger partial charge in [-0.1, -0.05) is 0 Å². The van der Waals surface area contributed by atoms with Crippen molar-refractivity contribution in [1.29, 1.82) is 0 Å². The molecule has 0 aromatic carbocycles. The molecule has 0 rings (SSSR count). The van der Waals surface area contributed by atoms with E-state index in [0.29, 0.717) is 0 Å². The molecule has 0 atom stereocenters. The molecule has 0 bridgehead atoms. The minimum Gasteiger partial charge on any atom is -2.00 e. The second-order valence-corrected chi connectivity index (χ2v) is 27.7. The van der Waals surface area contributed by atoms with Gasteiger partial charge >= 0.3 is 42.6 Å². The maximum Gasteiger partial charge on any atom is -2.00 e. The number of rotatable bonds is 0. The Labute approximate surface area is 55.2 Å². The van der Waals surface area contributed by atoms with Crippen LogP contribution in [0.2, 0.25) is 10.8 Å². The first-order chi connectivity index (χ1) is 2.00. The Morgan fingerprint density at radius 3 is 0.833 bits per heavy atom. The van der Waals surface area contributed by atoms with Crippen molar-refractivity contribution in [3.8, 4) is 0 Å². The van der Waals surface area contributed by atoms with E-state index < -0.39 is 31.8 Å². The Morgan fingerprint density at radius 1 is 0.833 bits per heavy atom. The van der Waals surface area contributed by atoms with Crippen molar-refractivity contribution in [2.45, 2.75) is 10.8 Å². The second-order valence-electron chi connectivity index (χ2n) is 3.00. The third-order valence-corrected chi connectivity index (χ3v) is 0. The van der Waals surface area contributed by atoms with Crippen LogP contribution < -0.4 is 0 Å². The van der Waals surface area contributed by atoms with Crippen LogP contribution in [0.15, 0.2) is 0 Å². The van der Waals surface area contributed by atoms with Crippen molar-refractivity contribution in [1.82, 2.24) is 0 Å². The summed E-state index contributed by atoms with van der Waals surface area (Å²) in [5.41, 5.74) is 0. The van der Waals surface area contributed by atoms with Crippen LogP contribution in [-0.2, 0) is 13.5 Å². The minimum atomic E-state index is -1.34. The van der Waals surface area contributed by atoms with Gasteiger partial charge in [-0.05, 0) is 0 Å². The third-order valence-electron chi connectivity index (χ3n) is 0. The molecule has 2 heteroatoms. The summed E-state index contributed by atoms with van der Waals surface area (Å²) in [6.07, 6.45) is 0. The summed E-state index contributed by atoms with van der Waals surface area (Å²) in [6.45, 7) is 0. The molecule has 0 aliphatic carbocycles. The molecule has 0 saturated heterocycles. The van der Waals surface area contributed by atoms with Gasteiger partial charge in [0, 0.05) is 0 Å². The van der Waals surface area contributed by atoms with Gasteiger partial charge < -0.3 is 13.5 Å². The zero-order valence-electron chi connectivity index (χ0n) is 4.91. The smallest absolute Gasteiger partial charge is 2.00 e. The van der Waals surface area contributed by atoms with Crippen LogP contribution in [-0.4, -0.2) is 0 Å².